The van der Waals surface area contributed by atoms with Gasteiger partial charge in [0.25, 0.3) is 5.91 Å². The molecular weight excluding hydrogens is 400 g/mol. The lowest BCUT2D eigenvalue weighted by Gasteiger charge is -2.27. The van der Waals surface area contributed by atoms with Gasteiger partial charge < -0.3 is 14.5 Å². The summed E-state index contributed by atoms with van der Waals surface area (Å²) in [4.78, 5) is 30.0. The largest absolute Gasteiger partial charge is 0.454 e. The Kier molecular flexibility index (Phi) is 6.66. The number of rotatable bonds is 7. The number of esters is 1. The van der Waals surface area contributed by atoms with Gasteiger partial charge in [0.05, 0.1) is 5.56 Å². The van der Waals surface area contributed by atoms with Gasteiger partial charge in [-0.1, -0.05) is 60.7 Å². The van der Waals surface area contributed by atoms with Crippen LogP contribution in [0.3, 0.4) is 0 Å². The van der Waals surface area contributed by atoms with Crippen LogP contribution in [-0.4, -0.2) is 48.9 Å². The van der Waals surface area contributed by atoms with Crippen LogP contribution in [-0.2, 0) is 17.7 Å². The van der Waals surface area contributed by atoms with Gasteiger partial charge in [-0.25, -0.2) is 4.79 Å². The Morgan fingerprint density at radius 3 is 2.31 bits per heavy atom. The van der Waals surface area contributed by atoms with Gasteiger partial charge in [-0.2, -0.15) is 0 Å². The van der Waals surface area contributed by atoms with Crippen LogP contribution in [0.15, 0.2) is 78.9 Å². The number of cyclic esters (lactones) is 1. The summed E-state index contributed by atoms with van der Waals surface area (Å²) in [6.45, 7) is 1.93. The summed E-state index contributed by atoms with van der Waals surface area (Å²) in [5.74, 6) is -0.374. The molecule has 5 nitrogen and oxygen atoms in total. The molecule has 0 radical (unpaired) electrons. The third-order valence-electron chi connectivity index (χ3n) is 5.72. The predicted octanol–water partition coefficient (Wildman–Crippen LogP) is 4.34. The summed E-state index contributed by atoms with van der Waals surface area (Å²) < 4.78 is 5.65. The van der Waals surface area contributed by atoms with Gasteiger partial charge in [0.2, 0.25) is 0 Å². The normalized spacial score (nSPS) is 15.2. The monoisotopic (exact) mass is 428 g/mol. The molecule has 5 heteroatoms. The van der Waals surface area contributed by atoms with Crippen LogP contribution < -0.4 is 0 Å². The standard InChI is InChI=1S/C27H28N2O3/c1-28(2)15-16-29(19-20-9-5-3-6-10-20)26(30)22-13-14-24-23(17-22)18-25(32-27(24)31)21-11-7-4-8-12-21/h3-14,17,25H,15-16,18-19H2,1-2H3. The van der Waals surface area contributed by atoms with E-state index in [-0.39, 0.29) is 18.0 Å². The maximum atomic E-state index is 13.5. The molecule has 1 unspecified atom stereocenters. The second-order valence-electron chi connectivity index (χ2n) is 8.40. The summed E-state index contributed by atoms with van der Waals surface area (Å²) in [7, 11) is 4.00. The van der Waals surface area contributed by atoms with Crippen LogP contribution in [0.2, 0.25) is 0 Å². The maximum absolute atomic E-state index is 13.5. The number of hydrogen-bond donors (Lipinski definition) is 0. The van der Waals surface area contributed by atoms with Crippen LogP contribution in [0.25, 0.3) is 0 Å². The molecule has 164 valence electrons. The van der Waals surface area contributed by atoms with E-state index in [4.69, 9.17) is 4.74 Å². The van der Waals surface area contributed by atoms with Gasteiger partial charge in [-0.05, 0) is 49.0 Å². The first-order valence-electron chi connectivity index (χ1n) is 10.9. The van der Waals surface area contributed by atoms with Crippen molar-refractivity contribution in [2.75, 3.05) is 27.2 Å². The van der Waals surface area contributed by atoms with Crippen LogP contribution in [0.5, 0.6) is 0 Å². The van der Waals surface area contributed by atoms with Crippen LogP contribution >= 0.6 is 0 Å². The Morgan fingerprint density at radius 2 is 1.62 bits per heavy atom. The zero-order chi connectivity index (χ0) is 22.5. The number of fused-ring (bicyclic) bond motifs is 1. The first-order valence-corrected chi connectivity index (χ1v) is 10.9. The zero-order valence-corrected chi connectivity index (χ0v) is 18.5. The minimum Gasteiger partial charge on any atom is -0.454 e. The van der Waals surface area contributed by atoms with E-state index in [1.54, 1.807) is 12.1 Å². The number of nitrogens with zero attached hydrogens (tertiary/aromatic N) is 2. The van der Waals surface area contributed by atoms with Crippen molar-refractivity contribution in [2.45, 2.75) is 19.1 Å². The number of likely N-dealkylation sites (N-methyl/N-ethyl adjacent to an activating group) is 1. The number of benzene rings is 3. The van der Waals surface area contributed by atoms with Crippen LogP contribution in [0, 0.1) is 0 Å². The van der Waals surface area contributed by atoms with Crippen LogP contribution in [0.1, 0.15) is 43.5 Å². The van der Waals surface area contributed by atoms with E-state index in [9.17, 15) is 9.59 Å². The maximum Gasteiger partial charge on any atom is 0.339 e. The summed E-state index contributed by atoms with van der Waals surface area (Å²) in [5, 5.41) is 0. The Bertz CT molecular complexity index is 1080. The lowest BCUT2D eigenvalue weighted by molar-refractivity contribution is 0.0252. The van der Waals surface area contributed by atoms with Gasteiger partial charge in [0.1, 0.15) is 6.10 Å². The summed E-state index contributed by atoms with van der Waals surface area (Å²) >= 11 is 0. The predicted molar refractivity (Wildman–Crippen MR) is 124 cm³/mol. The van der Waals surface area contributed by atoms with Gasteiger partial charge in [-0.15, -0.1) is 0 Å². The van der Waals surface area contributed by atoms with Crippen molar-refractivity contribution in [2.24, 2.45) is 0 Å². The van der Waals surface area contributed by atoms with Crippen molar-refractivity contribution in [3.8, 4) is 0 Å². The second kappa shape index (κ2) is 9.79. The number of carbonyl (C=O) groups is 2. The van der Waals surface area contributed by atoms with E-state index in [1.807, 2.05) is 85.7 Å². The topological polar surface area (TPSA) is 49.9 Å². The summed E-state index contributed by atoms with van der Waals surface area (Å²) in [6, 6.07) is 25.1. The fourth-order valence-electron chi connectivity index (χ4n) is 3.94. The average Bonchev–Trinajstić information content (AvgIpc) is 2.82. The Balaban J connectivity index is 1.59. The highest BCUT2D eigenvalue weighted by atomic mass is 16.5. The minimum atomic E-state index is -0.340. The summed E-state index contributed by atoms with van der Waals surface area (Å²) in [5.41, 5.74) is 4.04. The van der Waals surface area contributed by atoms with E-state index in [0.29, 0.717) is 30.6 Å². The highest BCUT2D eigenvalue weighted by Crippen LogP contribution is 2.31. The zero-order valence-electron chi connectivity index (χ0n) is 18.5. The minimum absolute atomic E-state index is 0.0336. The van der Waals surface area contributed by atoms with Crippen molar-refractivity contribution in [3.63, 3.8) is 0 Å². The van der Waals surface area contributed by atoms with Crippen LogP contribution in [0.4, 0.5) is 0 Å². The molecule has 1 aliphatic rings. The van der Waals surface area contributed by atoms with Gasteiger partial charge >= 0.3 is 5.97 Å². The molecule has 0 aromatic heterocycles. The smallest absolute Gasteiger partial charge is 0.339 e. The third-order valence-corrected chi connectivity index (χ3v) is 5.72. The van der Waals surface area contributed by atoms with E-state index >= 15 is 0 Å². The SMILES string of the molecule is CN(C)CCN(Cc1ccccc1)C(=O)c1ccc2c(c1)CC(c1ccccc1)OC2=O. The van der Waals surface area contributed by atoms with Gasteiger partial charge in [-0.3, -0.25) is 4.79 Å². The number of carbonyl (C=O) groups excluding carboxylic acids is 2. The number of hydrogen-bond acceptors (Lipinski definition) is 4. The molecule has 3 aromatic rings. The molecule has 1 heterocycles. The Hall–Kier alpha value is -3.44. The highest BCUT2D eigenvalue weighted by molar-refractivity contribution is 5.97. The van der Waals surface area contributed by atoms with Crippen molar-refractivity contribution in [1.29, 1.82) is 0 Å². The molecule has 1 aliphatic heterocycles. The van der Waals surface area contributed by atoms with Crippen molar-refractivity contribution < 1.29 is 14.3 Å². The quantitative estimate of drug-likeness (QED) is 0.525. The average molecular weight is 429 g/mol. The number of ether oxygens (including phenoxy) is 1. The molecule has 0 aliphatic carbocycles. The van der Waals surface area contributed by atoms with E-state index < -0.39 is 0 Å². The Labute approximate surface area is 189 Å². The van der Waals surface area contributed by atoms with Crippen molar-refractivity contribution >= 4 is 11.9 Å². The lowest BCUT2D eigenvalue weighted by Crippen LogP contribution is -2.36. The molecule has 4 rings (SSSR count). The van der Waals surface area contributed by atoms with Gasteiger partial charge in [0.15, 0.2) is 0 Å². The van der Waals surface area contributed by atoms with E-state index in [2.05, 4.69) is 4.90 Å². The Morgan fingerprint density at radius 1 is 0.938 bits per heavy atom. The molecular formula is C27H28N2O3. The molecule has 1 atom stereocenters. The fraction of sp³-hybridized carbons (Fsp3) is 0.259. The molecule has 32 heavy (non-hydrogen) atoms. The second-order valence-corrected chi connectivity index (χ2v) is 8.40. The van der Waals surface area contributed by atoms with Crippen molar-refractivity contribution in [3.05, 3.63) is 107 Å². The molecule has 0 bridgehead atoms. The van der Waals surface area contributed by atoms with Gasteiger partial charge in [0, 0.05) is 31.6 Å². The lowest BCUT2D eigenvalue weighted by atomic mass is 9.93. The molecule has 0 saturated carbocycles. The molecule has 0 saturated heterocycles. The summed E-state index contributed by atoms with van der Waals surface area (Å²) in [6.07, 6.45) is 0.221. The van der Waals surface area contributed by atoms with Crippen molar-refractivity contribution in [1.82, 2.24) is 9.80 Å². The first kappa shape index (κ1) is 21.8. The highest BCUT2D eigenvalue weighted by Gasteiger charge is 2.28. The fourth-order valence-corrected chi connectivity index (χ4v) is 3.94. The van der Waals surface area contributed by atoms with E-state index in [1.165, 1.54) is 0 Å². The molecule has 3 aromatic carbocycles. The van der Waals surface area contributed by atoms with E-state index in [0.717, 1.165) is 23.2 Å². The number of amides is 1. The molecule has 0 N–H and O–H groups in total. The molecule has 0 fully saturated rings. The molecule has 1 amide bonds. The molecule has 0 spiro atoms. The third kappa shape index (κ3) is 5.06. The first-order chi connectivity index (χ1) is 15.5.